The van der Waals surface area contributed by atoms with Crippen LogP contribution in [0.4, 0.5) is 0 Å². The van der Waals surface area contributed by atoms with Crippen molar-refractivity contribution in [1.29, 1.82) is 0 Å². The molecule has 2 rings (SSSR count). The maximum absolute atomic E-state index is 5.59. The standard InChI is InChI=1S/C12H16O2Si/c1-13-15(3,14-2)12-9-8-10-6-4-5-7-11(10)12/h4-9,12H,1-3H3. The zero-order valence-corrected chi connectivity index (χ0v) is 10.4. The molecule has 1 aromatic rings. The third kappa shape index (κ3) is 1.67. The summed E-state index contributed by atoms with van der Waals surface area (Å²) in [7, 11) is 1.38. The van der Waals surface area contributed by atoms with E-state index in [2.05, 4.69) is 43.0 Å². The second kappa shape index (κ2) is 3.93. The van der Waals surface area contributed by atoms with Crippen LogP contribution < -0.4 is 0 Å². The zero-order chi connectivity index (χ0) is 10.9. The fourth-order valence-electron chi connectivity index (χ4n) is 2.04. The largest absolute Gasteiger partial charge is 0.397 e. The van der Waals surface area contributed by atoms with Crippen molar-refractivity contribution in [3.8, 4) is 0 Å². The average molecular weight is 220 g/mol. The Morgan fingerprint density at radius 1 is 1.13 bits per heavy atom. The van der Waals surface area contributed by atoms with Crippen LogP contribution in [0.25, 0.3) is 6.08 Å². The molecule has 1 aromatic carbocycles. The van der Waals surface area contributed by atoms with Gasteiger partial charge in [0.15, 0.2) is 0 Å². The number of allylic oxidation sites excluding steroid dienone is 1. The number of rotatable bonds is 3. The molecule has 0 radical (unpaired) electrons. The number of fused-ring (bicyclic) bond motifs is 1. The maximum Gasteiger partial charge on any atom is 0.346 e. The second-order valence-corrected chi connectivity index (χ2v) is 7.36. The van der Waals surface area contributed by atoms with Crippen LogP contribution >= 0.6 is 0 Å². The van der Waals surface area contributed by atoms with Gasteiger partial charge in [0.25, 0.3) is 0 Å². The fraction of sp³-hybridized carbons (Fsp3) is 0.333. The lowest BCUT2D eigenvalue weighted by Gasteiger charge is -2.28. The molecule has 1 aliphatic carbocycles. The molecule has 0 aliphatic heterocycles. The van der Waals surface area contributed by atoms with E-state index in [1.54, 1.807) is 14.2 Å². The van der Waals surface area contributed by atoms with Crippen LogP contribution in [0.1, 0.15) is 16.7 Å². The second-order valence-electron chi connectivity index (χ2n) is 3.89. The number of benzene rings is 1. The van der Waals surface area contributed by atoms with Crippen LogP contribution in [0.15, 0.2) is 30.3 Å². The predicted octanol–water partition coefficient (Wildman–Crippen LogP) is 2.70. The minimum atomic E-state index is -2.10. The van der Waals surface area contributed by atoms with E-state index in [0.29, 0.717) is 5.54 Å². The molecule has 3 heteroatoms. The van der Waals surface area contributed by atoms with Gasteiger partial charge in [-0.15, -0.1) is 0 Å². The van der Waals surface area contributed by atoms with Crippen molar-refractivity contribution < 1.29 is 8.85 Å². The van der Waals surface area contributed by atoms with Gasteiger partial charge in [-0.3, -0.25) is 0 Å². The van der Waals surface area contributed by atoms with Gasteiger partial charge < -0.3 is 8.85 Å². The molecule has 1 atom stereocenters. The molecule has 0 heterocycles. The SMILES string of the molecule is CO[Si](C)(OC)C1C=Cc2ccccc21. The molecule has 0 N–H and O–H groups in total. The van der Waals surface area contributed by atoms with Gasteiger partial charge in [-0.2, -0.15) is 0 Å². The van der Waals surface area contributed by atoms with E-state index < -0.39 is 8.56 Å². The first-order chi connectivity index (χ1) is 7.21. The molecule has 0 saturated heterocycles. The van der Waals surface area contributed by atoms with Crippen LogP contribution in [-0.2, 0) is 8.85 Å². The van der Waals surface area contributed by atoms with Crippen LogP contribution in [0.3, 0.4) is 0 Å². The van der Waals surface area contributed by atoms with Gasteiger partial charge >= 0.3 is 8.56 Å². The molecule has 80 valence electrons. The van der Waals surface area contributed by atoms with E-state index in [4.69, 9.17) is 8.85 Å². The van der Waals surface area contributed by atoms with E-state index >= 15 is 0 Å². The molecule has 0 aromatic heterocycles. The molecule has 1 aliphatic rings. The van der Waals surface area contributed by atoms with Crippen LogP contribution in [0.2, 0.25) is 6.55 Å². The third-order valence-electron chi connectivity index (χ3n) is 3.17. The molecule has 0 spiro atoms. The summed E-state index contributed by atoms with van der Waals surface area (Å²) >= 11 is 0. The Morgan fingerprint density at radius 3 is 2.47 bits per heavy atom. The first-order valence-corrected chi connectivity index (χ1v) is 7.48. The molecular weight excluding hydrogens is 204 g/mol. The Morgan fingerprint density at radius 2 is 1.80 bits per heavy atom. The molecule has 1 unspecified atom stereocenters. The van der Waals surface area contributed by atoms with Crippen LogP contribution in [-0.4, -0.2) is 22.8 Å². The Bertz CT molecular complexity index is 383. The lowest BCUT2D eigenvalue weighted by molar-refractivity contribution is 0.244. The van der Waals surface area contributed by atoms with Gasteiger partial charge in [0.1, 0.15) is 0 Å². The van der Waals surface area contributed by atoms with Crippen molar-refractivity contribution in [2.75, 3.05) is 14.2 Å². The smallest absolute Gasteiger partial charge is 0.346 e. The summed E-state index contributed by atoms with van der Waals surface area (Å²) < 4.78 is 11.2. The van der Waals surface area contributed by atoms with Crippen molar-refractivity contribution in [1.82, 2.24) is 0 Å². The normalized spacial score (nSPS) is 19.3. The van der Waals surface area contributed by atoms with E-state index in [1.807, 2.05) is 0 Å². The molecule has 0 saturated carbocycles. The van der Waals surface area contributed by atoms with Crippen molar-refractivity contribution in [2.45, 2.75) is 12.1 Å². The van der Waals surface area contributed by atoms with E-state index in [0.717, 1.165) is 0 Å². The number of hydrogen-bond donors (Lipinski definition) is 0. The minimum absolute atomic E-state index is 0.309. The monoisotopic (exact) mass is 220 g/mol. The first-order valence-electron chi connectivity index (χ1n) is 5.08. The Hall–Kier alpha value is -0.903. The van der Waals surface area contributed by atoms with Gasteiger partial charge in [-0.05, 0) is 17.7 Å². The molecular formula is C12H16O2Si. The van der Waals surface area contributed by atoms with Crippen LogP contribution in [0.5, 0.6) is 0 Å². The summed E-state index contributed by atoms with van der Waals surface area (Å²) in [6.45, 7) is 2.10. The summed E-state index contributed by atoms with van der Waals surface area (Å²) in [4.78, 5) is 0. The van der Waals surface area contributed by atoms with Crippen molar-refractivity contribution in [3.63, 3.8) is 0 Å². The lowest BCUT2D eigenvalue weighted by Crippen LogP contribution is -2.42. The zero-order valence-electron chi connectivity index (χ0n) is 9.36. The molecule has 0 amide bonds. The van der Waals surface area contributed by atoms with E-state index in [-0.39, 0.29) is 0 Å². The molecule has 2 nitrogen and oxygen atoms in total. The lowest BCUT2D eigenvalue weighted by atomic mass is 10.1. The highest BCUT2D eigenvalue weighted by atomic mass is 28.4. The summed E-state index contributed by atoms with van der Waals surface area (Å²) in [6, 6.07) is 8.41. The fourth-order valence-corrected chi connectivity index (χ4v) is 3.99. The Balaban J connectivity index is 2.39. The van der Waals surface area contributed by atoms with E-state index in [1.165, 1.54) is 11.1 Å². The highest BCUT2D eigenvalue weighted by molar-refractivity contribution is 6.68. The first kappa shape index (κ1) is 10.6. The van der Waals surface area contributed by atoms with Gasteiger partial charge in [0.05, 0.1) is 0 Å². The van der Waals surface area contributed by atoms with Gasteiger partial charge in [0, 0.05) is 19.8 Å². The van der Waals surface area contributed by atoms with Gasteiger partial charge in [-0.1, -0.05) is 36.4 Å². The topological polar surface area (TPSA) is 18.5 Å². The predicted molar refractivity (Wildman–Crippen MR) is 63.9 cm³/mol. The molecule has 0 fully saturated rings. The summed E-state index contributed by atoms with van der Waals surface area (Å²) in [5, 5.41) is 0. The molecule has 0 bridgehead atoms. The van der Waals surface area contributed by atoms with Crippen LogP contribution in [0, 0.1) is 0 Å². The molecule has 15 heavy (non-hydrogen) atoms. The summed E-state index contributed by atoms with van der Waals surface area (Å²) in [5.74, 6) is 0. The van der Waals surface area contributed by atoms with Crippen molar-refractivity contribution >= 4 is 14.6 Å². The highest BCUT2D eigenvalue weighted by Crippen LogP contribution is 2.37. The van der Waals surface area contributed by atoms with Gasteiger partial charge in [-0.25, -0.2) is 0 Å². The highest BCUT2D eigenvalue weighted by Gasteiger charge is 2.41. The third-order valence-corrected chi connectivity index (χ3v) is 6.43. The summed E-state index contributed by atoms with van der Waals surface area (Å²) in [6.07, 6.45) is 4.35. The summed E-state index contributed by atoms with van der Waals surface area (Å²) in [5.41, 5.74) is 2.93. The van der Waals surface area contributed by atoms with E-state index in [9.17, 15) is 0 Å². The Kier molecular flexibility index (Phi) is 2.78. The van der Waals surface area contributed by atoms with Crippen molar-refractivity contribution in [3.05, 3.63) is 41.5 Å². The maximum atomic E-state index is 5.59. The quantitative estimate of drug-likeness (QED) is 0.729. The van der Waals surface area contributed by atoms with Gasteiger partial charge in [0.2, 0.25) is 0 Å². The van der Waals surface area contributed by atoms with Crippen molar-refractivity contribution in [2.24, 2.45) is 0 Å². The number of hydrogen-bond acceptors (Lipinski definition) is 2. The Labute approximate surface area is 91.8 Å². The minimum Gasteiger partial charge on any atom is -0.397 e. The average Bonchev–Trinajstić information content (AvgIpc) is 2.72.